The summed E-state index contributed by atoms with van der Waals surface area (Å²) in [6.45, 7) is 0.438. The first-order valence-electron chi connectivity index (χ1n) is 10.4. The van der Waals surface area contributed by atoms with Crippen LogP contribution in [0.4, 0.5) is 0 Å². The zero-order chi connectivity index (χ0) is 22.0. The first-order chi connectivity index (χ1) is 15.5. The normalized spacial score (nSPS) is 22.1. The van der Waals surface area contributed by atoms with Gasteiger partial charge in [0.15, 0.2) is 0 Å². The summed E-state index contributed by atoms with van der Waals surface area (Å²) in [7, 11) is 1.98. The van der Waals surface area contributed by atoms with E-state index in [1.54, 1.807) is 4.57 Å². The van der Waals surface area contributed by atoms with Crippen LogP contribution in [0.2, 0.25) is 0 Å². The maximum Gasteiger partial charge on any atom is 0.308 e. The van der Waals surface area contributed by atoms with Crippen molar-refractivity contribution in [2.75, 3.05) is 0 Å². The second-order valence-corrected chi connectivity index (χ2v) is 10.3. The number of amides is 2. The predicted molar refractivity (Wildman–Crippen MR) is 125 cm³/mol. The minimum absolute atomic E-state index is 0.0654. The number of benzene rings is 2. The van der Waals surface area contributed by atoms with E-state index in [-0.39, 0.29) is 22.6 Å². The molecule has 0 spiro atoms. The van der Waals surface area contributed by atoms with Crippen LogP contribution in [0.1, 0.15) is 21.9 Å². The topological polar surface area (TPSA) is 73.1 Å². The lowest BCUT2D eigenvalue weighted by Crippen LogP contribution is -2.32. The molecule has 0 bridgehead atoms. The van der Waals surface area contributed by atoms with Gasteiger partial charge in [0.1, 0.15) is 5.25 Å². The number of aromatic nitrogens is 2. The number of hydrogen-bond donors (Lipinski definition) is 1. The highest BCUT2D eigenvalue weighted by Gasteiger charge is 2.53. The summed E-state index contributed by atoms with van der Waals surface area (Å²) in [5.41, 5.74) is 3.06. The van der Waals surface area contributed by atoms with E-state index in [9.17, 15) is 14.4 Å². The Morgan fingerprint density at radius 2 is 1.72 bits per heavy atom. The van der Waals surface area contributed by atoms with E-state index in [2.05, 4.69) is 5.32 Å². The number of nitrogens with one attached hydrogen (secondary N) is 1. The van der Waals surface area contributed by atoms with E-state index in [1.165, 1.54) is 23.1 Å². The van der Waals surface area contributed by atoms with Gasteiger partial charge in [0.2, 0.25) is 11.8 Å². The van der Waals surface area contributed by atoms with Gasteiger partial charge >= 0.3 is 4.87 Å². The number of hydrogen-bond acceptors (Lipinski definition) is 5. The van der Waals surface area contributed by atoms with E-state index in [4.69, 9.17) is 0 Å². The molecule has 1 N–H and O–H groups in total. The molecule has 0 saturated carbocycles. The Balaban J connectivity index is 1.58. The third-order valence-electron chi connectivity index (χ3n) is 6.33. The number of fused-ring (bicyclic) bond motifs is 3. The van der Waals surface area contributed by atoms with Crippen molar-refractivity contribution in [1.82, 2.24) is 14.5 Å². The van der Waals surface area contributed by atoms with Crippen LogP contribution in [-0.2, 0) is 23.2 Å². The van der Waals surface area contributed by atoms with E-state index in [1.807, 2.05) is 72.4 Å². The maximum absolute atomic E-state index is 13.1. The zero-order valence-corrected chi connectivity index (χ0v) is 18.8. The molecule has 2 aromatic heterocycles. The number of aryl methyl sites for hydroxylation is 1. The van der Waals surface area contributed by atoms with E-state index >= 15 is 0 Å². The zero-order valence-electron chi connectivity index (χ0n) is 17.1. The molecule has 4 aromatic rings. The molecule has 2 aliphatic rings. The van der Waals surface area contributed by atoms with Crippen LogP contribution >= 0.6 is 23.1 Å². The molecule has 0 unspecified atom stereocenters. The summed E-state index contributed by atoms with van der Waals surface area (Å²) in [4.78, 5) is 39.5. The van der Waals surface area contributed by atoms with Crippen molar-refractivity contribution in [2.45, 2.75) is 22.7 Å². The highest BCUT2D eigenvalue weighted by Crippen LogP contribution is 2.52. The third kappa shape index (κ3) is 2.83. The smallest absolute Gasteiger partial charge is 0.308 e. The van der Waals surface area contributed by atoms with Crippen LogP contribution in [0, 0.1) is 5.92 Å². The van der Waals surface area contributed by atoms with Gasteiger partial charge in [-0.3, -0.25) is 24.3 Å². The molecule has 32 heavy (non-hydrogen) atoms. The molecule has 160 valence electrons. The number of carbonyl (C=O) groups is 2. The summed E-state index contributed by atoms with van der Waals surface area (Å²) in [5.74, 6) is -1.41. The molecule has 0 radical (unpaired) electrons. The second kappa shape index (κ2) is 7.21. The van der Waals surface area contributed by atoms with E-state index in [0.717, 1.165) is 31.9 Å². The van der Waals surface area contributed by atoms with Gasteiger partial charge in [-0.2, -0.15) is 0 Å². The molecule has 2 aromatic carbocycles. The molecule has 4 heterocycles. The first-order valence-corrected chi connectivity index (χ1v) is 12.1. The Bertz CT molecular complexity index is 1450. The molecule has 1 fully saturated rings. The molecule has 6 nitrogen and oxygen atoms in total. The monoisotopic (exact) mass is 461 g/mol. The molecule has 6 rings (SSSR count). The van der Waals surface area contributed by atoms with Crippen molar-refractivity contribution in [3.8, 4) is 0 Å². The standard InChI is InChI=1S/C24H19N3O3S2/c1-26-12-15(14-9-5-6-10-16(14)26)17-18-19(22(29)25-21(18)28)31-23-20(17)32-24(30)27(23)11-13-7-3-2-4-8-13/h2-10,12,17-19H,11H2,1H3,(H,25,28,29)/t17-,18-,19-/m1/s1. The van der Waals surface area contributed by atoms with Gasteiger partial charge in [-0.05, 0) is 17.2 Å². The van der Waals surface area contributed by atoms with Crippen molar-refractivity contribution in [3.63, 3.8) is 0 Å². The van der Waals surface area contributed by atoms with Gasteiger partial charge < -0.3 is 4.57 Å². The van der Waals surface area contributed by atoms with Crippen LogP contribution in [0.5, 0.6) is 0 Å². The molecule has 8 heteroatoms. The number of carbonyl (C=O) groups excluding carboxylic acids is 2. The van der Waals surface area contributed by atoms with Gasteiger partial charge in [0, 0.05) is 34.9 Å². The SMILES string of the molecule is Cn1cc([C@H]2c3sc(=O)n(Cc4ccccc4)c3S[C@H]3C(=O)NC(=O)[C@H]23)c2ccccc21. The Kier molecular flexibility index (Phi) is 4.41. The number of thioether (sulfide) groups is 1. The quantitative estimate of drug-likeness (QED) is 0.475. The van der Waals surface area contributed by atoms with Gasteiger partial charge in [-0.15, -0.1) is 0 Å². The van der Waals surface area contributed by atoms with Crippen molar-refractivity contribution < 1.29 is 9.59 Å². The lowest BCUT2D eigenvalue weighted by Gasteiger charge is -2.30. The summed E-state index contributed by atoms with van der Waals surface area (Å²) in [6.07, 6.45) is 2.04. The third-order valence-corrected chi connectivity index (χ3v) is 8.95. The summed E-state index contributed by atoms with van der Waals surface area (Å²) in [5, 5.41) is 3.83. The van der Waals surface area contributed by atoms with E-state index < -0.39 is 11.2 Å². The Morgan fingerprint density at radius 1 is 0.969 bits per heavy atom. The second-order valence-electron chi connectivity index (χ2n) is 8.22. The summed E-state index contributed by atoms with van der Waals surface area (Å²) in [6, 6.07) is 17.9. The highest BCUT2D eigenvalue weighted by atomic mass is 32.2. The Labute approximate surface area is 191 Å². The Morgan fingerprint density at radius 3 is 2.53 bits per heavy atom. The molecule has 2 amide bonds. The first kappa shape index (κ1) is 19.6. The van der Waals surface area contributed by atoms with Crippen LogP contribution < -0.4 is 10.2 Å². The minimum atomic E-state index is -0.546. The molecular formula is C24H19N3O3S2. The van der Waals surface area contributed by atoms with Gasteiger partial charge in [-0.25, -0.2) is 0 Å². The van der Waals surface area contributed by atoms with Crippen molar-refractivity contribution in [3.05, 3.63) is 86.5 Å². The van der Waals surface area contributed by atoms with Crippen molar-refractivity contribution in [2.24, 2.45) is 13.0 Å². The van der Waals surface area contributed by atoms with Gasteiger partial charge in [-0.1, -0.05) is 71.6 Å². The molecule has 2 aliphatic heterocycles. The van der Waals surface area contributed by atoms with Gasteiger partial charge in [0.25, 0.3) is 0 Å². The fourth-order valence-electron chi connectivity index (χ4n) is 4.90. The number of rotatable bonds is 3. The number of imide groups is 1. The number of thiazole rings is 1. The number of para-hydroxylation sites is 1. The van der Waals surface area contributed by atoms with E-state index in [0.29, 0.717) is 6.54 Å². The van der Waals surface area contributed by atoms with Gasteiger partial charge in [0.05, 0.1) is 17.5 Å². The molecule has 1 saturated heterocycles. The number of nitrogens with zero attached hydrogens (tertiary/aromatic N) is 2. The lowest BCUT2D eigenvalue weighted by atomic mass is 9.83. The Hall–Kier alpha value is -3.10. The summed E-state index contributed by atoms with van der Waals surface area (Å²) >= 11 is 2.55. The largest absolute Gasteiger partial charge is 0.350 e. The average Bonchev–Trinajstić information content (AvgIpc) is 3.39. The fourth-order valence-corrected chi connectivity index (χ4v) is 7.63. The highest BCUT2D eigenvalue weighted by molar-refractivity contribution is 8.00. The molecule has 0 aliphatic carbocycles. The summed E-state index contributed by atoms with van der Waals surface area (Å²) < 4.78 is 3.80. The van der Waals surface area contributed by atoms with Crippen LogP contribution in [0.25, 0.3) is 10.9 Å². The predicted octanol–water partition coefficient (Wildman–Crippen LogP) is 3.33. The van der Waals surface area contributed by atoms with Crippen molar-refractivity contribution in [1.29, 1.82) is 0 Å². The van der Waals surface area contributed by atoms with Crippen molar-refractivity contribution >= 4 is 45.8 Å². The fraction of sp³-hybridized carbons (Fsp3) is 0.208. The molecular weight excluding hydrogens is 442 g/mol. The van der Waals surface area contributed by atoms with Crippen LogP contribution in [0.15, 0.2) is 70.6 Å². The molecule has 3 atom stereocenters. The van der Waals surface area contributed by atoms with Crippen LogP contribution in [-0.4, -0.2) is 26.2 Å². The maximum atomic E-state index is 13.1. The lowest BCUT2D eigenvalue weighted by molar-refractivity contribution is -0.125. The average molecular weight is 462 g/mol. The van der Waals surface area contributed by atoms with Crippen LogP contribution in [0.3, 0.4) is 0 Å². The minimum Gasteiger partial charge on any atom is -0.350 e.